The van der Waals surface area contributed by atoms with Crippen LogP contribution in [0.1, 0.15) is 53.1 Å². The van der Waals surface area contributed by atoms with E-state index in [9.17, 15) is 9.90 Å². The summed E-state index contributed by atoms with van der Waals surface area (Å²) in [6.45, 7) is 4.32. The summed E-state index contributed by atoms with van der Waals surface area (Å²) in [5, 5.41) is 15.6. The van der Waals surface area contributed by atoms with Crippen LogP contribution in [0.25, 0.3) is 0 Å². The predicted octanol–water partition coefficient (Wildman–Crippen LogP) is 5.46. The molecule has 0 bridgehead atoms. The molecule has 0 saturated carbocycles. The fourth-order valence-corrected chi connectivity index (χ4v) is 6.73. The van der Waals surface area contributed by atoms with Crippen LogP contribution >= 0.6 is 11.3 Å². The topological polar surface area (TPSA) is 53.0 Å². The Morgan fingerprint density at radius 3 is 2.49 bits per heavy atom. The number of aryl methyl sites for hydroxylation is 1. The molecular formula is C31H38N2O3S. The third-order valence-corrected chi connectivity index (χ3v) is 8.97. The number of thiophene rings is 1. The van der Waals surface area contributed by atoms with Crippen LogP contribution in [0.15, 0.2) is 71.4 Å². The van der Waals surface area contributed by atoms with Gasteiger partial charge in [0.15, 0.2) is 0 Å². The summed E-state index contributed by atoms with van der Waals surface area (Å²) in [6, 6.07) is 20.2. The number of ether oxygens (including phenoxy) is 1. The average Bonchev–Trinajstić information content (AvgIpc) is 3.61. The van der Waals surface area contributed by atoms with Crippen LogP contribution in [-0.2, 0) is 6.42 Å². The Hall–Kier alpha value is -2.67. The van der Waals surface area contributed by atoms with E-state index in [4.69, 9.17) is 4.74 Å². The first-order valence-corrected chi connectivity index (χ1v) is 14.4. The molecule has 2 unspecified atom stereocenters. The smallest absolute Gasteiger partial charge is 0.253 e. The Kier molecular flexibility index (Phi) is 8.28. The highest BCUT2D eigenvalue weighted by atomic mass is 32.1. The number of hydrogen-bond acceptors (Lipinski definition) is 5. The molecule has 2 aliphatic heterocycles. The quantitative estimate of drug-likeness (QED) is 0.409. The molecule has 37 heavy (non-hydrogen) atoms. The summed E-state index contributed by atoms with van der Waals surface area (Å²) in [6.07, 6.45) is 4.56. The van der Waals surface area contributed by atoms with Crippen molar-refractivity contribution in [1.29, 1.82) is 0 Å². The van der Waals surface area contributed by atoms with Crippen molar-refractivity contribution in [2.45, 2.75) is 43.6 Å². The molecule has 0 radical (unpaired) electrons. The zero-order valence-corrected chi connectivity index (χ0v) is 22.5. The maximum Gasteiger partial charge on any atom is 0.253 e. The summed E-state index contributed by atoms with van der Waals surface area (Å²) >= 11 is 1.73. The van der Waals surface area contributed by atoms with Crippen LogP contribution in [0.2, 0.25) is 0 Å². The molecule has 196 valence electrons. The molecule has 2 aromatic carbocycles. The maximum atomic E-state index is 13.3. The van der Waals surface area contributed by atoms with E-state index in [1.165, 1.54) is 11.1 Å². The van der Waals surface area contributed by atoms with Crippen molar-refractivity contribution in [3.05, 3.63) is 88.1 Å². The first-order valence-electron chi connectivity index (χ1n) is 13.5. The van der Waals surface area contributed by atoms with Gasteiger partial charge in [0.1, 0.15) is 5.75 Å². The van der Waals surface area contributed by atoms with E-state index in [2.05, 4.69) is 46.0 Å². The van der Waals surface area contributed by atoms with E-state index in [0.29, 0.717) is 17.4 Å². The number of methoxy groups -OCH3 is 1. The molecule has 2 fully saturated rings. The second-order valence-corrected chi connectivity index (χ2v) is 11.5. The standard InChI is InChI=1S/C31H38N2O3S/c1-36-28-11-9-25(10-12-28)30(34)33-21-27(29(22-33)26-13-19-37-23-26)20-32-17-15-31(35,16-18-32)14-5-8-24-6-3-2-4-7-24/h2-4,6-7,9-13,19,23,27,29,35H,5,8,14-18,20-22H2,1H3. The van der Waals surface area contributed by atoms with Gasteiger partial charge in [0.2, 0.25) is 0 Å². The fraction of sp³-hybridized carbons (Fsp3) is 0.452. The number of carbonyl (C=O) groups excluding carboxylic acids is 1. The Morgan fingerprint density at radius 2 is 1.81 bits per heavy atom. The van der Waals surface area contributed by atoms with Gasteiger partial charge in [0.25, 0.3) is 5.91 Å². The zero-order chi connectivity index (χ0) is 25.7. The zero-order valence-electron chi connectivity index (χ0n) is 21.7. The first kappa shape index (κ1) is 26.0. The summed E-state index contributed by atoms with van der Waals surface area (Å²) in [4.78, 5) is 17.9. The Bertz CT molecular complexity index is 1130. The van der Waals surface area contributed by atoms with Gasteiger partial charge in [-0.15, -0.1) is 0 Å². The lowest BCUT2D eigenvalue weighted by Crippen LogP contribution is -2.46. The lowest BCUT2D eigenvalue weighted by Gasteiger charge is -2.39. The number of hydrogen-bond donors (Lipinski definition) is 1. The largest absolute Gasteiger partial charge is 0.497 e. The lowest BCUT2D eigenvalue weighted by molar-refractivity contribution is -0.0315. The number of amides is 1. The molecule has 3 aromatic rings. The van der Waals surface area contributed by atoms with Gasteiger partial charge in [-0.05, 0) is 90.2 Å². The highest BCUT2D eigenvalue weighted by Crippen LogP contribution is 2.36. The fourth-order valence-electron chi connectivity index (χ4n) is 6.00. The van der Waals surface area contributed by atoms with Gasteiger partial charge < -0.3 is 19.6 Å². The molecule has 6 heteroatoms. The molecule has 0 spiro atoms. The van der Waals surface area contributed by atoms with E-state index < -0.39 is 5.60 Å². The summed E-state index contributed by atoms with van der Waals surface area (Å²) in [7, 11) is 1.64. The van der Waals surface area contributed by atoms with E-state index in [1.54, 1.807) is 18.4 Å². The third kappa shape index (κ3) is 6.43. The summed E-state index contributed by atoms with van der Waals surface area (Å²) in [5.41, 5.74) is 2.85. The maximum absolute atomic E-state index is 13.3. The minimum Gasteiger partial charge on any atom is -0.497 e. The normalized spacial score (nSPS) is 21.7. The van der Waals surface area contributed by atoms with Gasteiger partial charge in [-0.3, -0.25) is 4.79 Å². The van der Waals surface area contributed by atoms with E-state index >= 15 is 0 Å². The minimum absolute atomic E-state index is 0.0943. The second-order valence-electron chi connectivity index (χ2n) is 10.7. The molecule has 1 amide bonds. The monoisotopic (exact) mass is 518 g/mol. The van der Waals surface area contributed by atoms with Gasteiger partial charge in [0, 0.05) is 44.2 Å². The van der Waals surface area contributed by atoms with E-state index in [-0.39, 0.29) is 5.91 Å². The Morgan fingerprint density at radius 1 is 1.05 bits per heavy atom. The summed E-state index contributed by atoms with van der Waals surface area (Å²) < 4.78 is 5.25. The highest BCUT2D eigenvalue weighted by molar-refractivity contribution is 7.08. The molecule has 1 N–H and O–H groups in total. The van der Waals surface area contributed by atoms with Crippen molar-refractivity contribution >= 4 is 17.2 Å². The molecular weight excluding hydrogens is 480 g/mol. The lowest BCUT2D eigenvalue weighted by atomic mass is 9.84. The van der Waals surface area contributed by atoms with Gasteiger partial charge in [-0.25, -0.2) is 0 Å². The Labute approximate surface area is 224 Å². The van der Waals surface area contributed by atoms with Crippen LogP contribution < -0.4 is 4.74 Å². The van der Waals surface area contributed by atoms with Crippen molar-refractivity contribution in [1.82, 2.24) is 9.80 Å². The molecule has 1 aromatic heterocycles. The number of likely N-dealkylation sites (tertiary alicyclic amines) is 2. The second kappa shape index (κ2) is 11.8. The Balaban J connectivity index is 1.17. The van der Waals surface area contributed by atoms with Crippen LogP contribution in [0.5, 0.6) is 5.75 Å². The van der Waals surface area contributed by atoms with Crippen molar-refractivity contribution < 1.29 is 14.6 Å². The highest BCUT2D eigenvalue weighted by Gasteiger charge is 2.39. The number of nitrogens with zero attached hydrogens (tertiary/aromatic N) is 2. The molecule has 5 nitrogen and oxygen atoms in total. The number of aliphatic hydroxyl groups is 1. The molecule has 2 saturated heterocycles. The molecule has 2 atom stereocenters. The SMILES string of the molecule is COc1ccc(C(=O)N2CC(CN3CCC(O)(CCCc4ccccc4)CC3)C(c3ccsc3)C2)cc1. The first-order chi connectivity index (χ1) is 18.0. The average molecular weight is 519 g/mol. The third-order valence-electron chi connectivity index (χ3n) is 8.27. The molecule has 5 rings (SSSR count). The number of benzene rings is 2. The van der Waals surface area contributed by atoms with Crippen LogP contribution in [0.4, 0.5) is 0 Å². The number of piperidine rings is 1. The molecule has 3 heterocycles. The van der Waals surface area contributed by atoms with Gasteiger partial charge in [-0.2, -0.15) is 11.3 Å². The number of rotatable bonds is 9. The van der Waals surface area contributed by atoms with Gasteiger partial charge in [0.05, 0.1) is 12.7 Å². The van der Waals surface area contributed by atoms with Crippen molar-refractivity contribution in [2.75, 3.05) is 39.8 Å². The predicted molar refractivity (Wildman–Crippen MR) is 149 cm³/mol. The van der Waals surface area contributed by atoms with Gasteiger partial charge in [-0.1, -0.05) is 30.3 Å². The van der Waals surface area contributed by atoms with Crippen molar-refractivity contribution in [2.24, 2.45) is 5.92 Å². The summed E-state index contributed by atoms with van der Waals surface area (Å²) in [5.74, 6) is 1.59. The molecule has 2 aliphatic rings. The molecule has 0 aliphatic carbocycles. The van der Waals surface area contributed by atoms with Crippen LogP contribution in [0.3, 0.4) is 0 Å². The van der Waals surface area contributed by atoms with Crippen molar-refractivity contribution in [3.8, 4) is 5.75 Å². The van der Waals surface area contributed by atoms with E-state index in [1.807, 2.05) is 35.2 Å². The van der Waals surface area contributed by atoms with Gasteiger partial charge >= 0.3 is 0 Å². The minimum atomic E-state index is -0.552. The van der Waals surface area contributed by atoms with Crippen LogP contribution in [0, 0.1) is 5.92 Å². The van der Waals surface area contributed by atoms with E-state index in [0.717, 1.165) is 70.6 Å². The van der Waals surface area contributed by atoms with Crippen LogP contribution in [-0.4, -0.2) is 66.2 Å². The number of carbonyl (C=O) groups is 1. The van der Waals surface area contributed by atoms with Crippen molar-refractivity contribution in [3.63, 3.8) is 0 Å².